The van der Waals surface area contributed by atoms with Crippen molar-refractivity contribution in [2.75, 3.05) is 6.61 Å². The van der Waals surface area contributed by atoms with Crippen molar-refractivity contribution in [3.63, 3.8) is 0 Å². The van der Waals surface area contributed by atoms with Gasteiger partial charge in [-0.1, -0.05) is 18.2 Å². The minimum Gasteiger partial charge on any atom is -0.507 e. The summed E-state index contributed by atoms with van der Waals surface area (Å²) in [4.78, 5) is 11.2. The van der Waals surface area contributed by atoms with Gasteiger partial charge in [0, 0.05) is 12.5 Å². The van der Waals surface area contributed by atoms with Crippen molar-refractivity contribution in [3.05, 3.63) is 29.8 Å². The van der Waals surface area contributed by atoms with Gasteiger partial charge in [0.2, 0.25) is 5.91 Å². The first-order valence-electron chi connectivity index (χ1n) is 7.31. The number of benzene rings is 1. The number of aliphatic hydroxyl groups excluding tert-OH is 2. The highest BCUT2D eigenvalue weighted by Crippen LogP contribution is 2.36. The molecule has 8 nitrogen and oxygen atoms in total. The van der Waals surface area contributed by atoms with E-state index >= 15 is 0 Å². The van der Waals surface area contributed by atoms with Crippen molar-refractivity contribution >= 4 is 5.91 Å². The van der Waals surface area contributed by atoms with Crippen LogP contribution in [0.5, 0.6) is 5.75 Å². The van der Waals surface area contributed by atoms with E-state index in [-0.39, 0.29) is 12.4 Å². The van der Waals surface area contributed by atoms with Gasteiger partial charge in [-0.15, -0.1) is 0 Å². The number of rotatable bonds is 2. The summed E-state index contributed by atoms with van der Waals surface area (Å²) in [5, 5.41) is 32.7. The van der Waals surface area contributed by atoms with E-state index in [2.05, 4.69) is 5.32 Å². The summed E-state index contributed by atoms with van der Waals surface area (Å²) in [6.07, 6.45) is -4.89. The number of phenols is 1. The Balaban J connectivity index is 1.78. The minimum absolute atomic E-state index is 0.0145. The molecule has 1 aromatic rings. The summed E-state index contributed by atoms with van der Waals surface area (Å²) < 4.78 is 16.6. The van der Waals surface area contributed by atoms with Gasteiger partial charge in [0.25, 0.3) is 0 Å². The molecule has 8 heteroatoms. The van der Waals surface area contributed by atoms with E-state index in [1.165, 1.54) is 13.0 Å². The fourth-order valence-electron chi connectivity index (χ4n) is 2.84. The molecular formula is C15H19NO7. The molecule has 2 aliphatic rings. The van der Waals surface area contributed by atoms with Crippen molar-refractivity contribution in [1.82, 2.24) is 5.32 Å². The quantitative estimate of drug-likeness (QED) is 0.573. The van der Waals surface area contributed by atoms with E-state index in [4.69, 9.17) is 14.2 Å². The van der Waals surface area contributed by atoms with Crippen molar-refractivity contribution in [2.24, 2.45) is 0 Å². The second-order valence-corrected chi connectivity index (χ2v) is 5.61. The Labute approximate surface area is 132 Å². The smallest absolute Gasteiger partial charge is 0.217 e. The second kappa shape index (κ2) is 6.42. The summed E-state index contributed by atoms with van der Waals surface area (Å²) in [6, 6.07) is 5.55. The van der Waals surface area contributed by atoms with Gasteiger partial charge in [-0.05, 0) is 6.07 Å². The number of phenolic OH excluding ortho intramolecular Hbond substituents is 1. The average Bonchev–Trinajstić information content (AvgIpc) is 2.51. The van der Waals surface area contributed by atoms with Crippen LogP contribution in [0.3, 0.4) is 0 Å². The molecule has 2 unspecified atom stereocenters. The molecule has 0 bridgehead atoms. The van der Waals surface area contributed by atoms with Crippen LogP contribution in [0.4, 0.5) is 0 Å². The van der Waals surface area contributed by atoms with Gasteiger partial charge in [0.05, 0.1) is 6.61 Å². The molecule has 23 heavy (non-hydrogen) atoms. The number of aliphatic hydroxyl groups is 2. The Morgan fingerprint density at radius 3 is 2.70 bits per heavy atom. The average molecular weight is 325 g/mol. The number of carbonyl (C=O) groups is 1. The largest absolute Gasteiger partial charge is 0.507 e. The first kappa shape index (κ1) is 16.2. The maximum absolute atomic E-state index is 11.2. The summed E-state index contributed by atoms with van der Waals surface area (Å²) in [5.41, 5.74) is 0.431. The van der Waals surface area contributed by atoms with Crippen molar-refractivity contribution in [1.29, 1.82) is 0 Å². The van der Waals surface area contributed by atoms with E-state index < -0.39 is 42.8 Å². The third-order valence-electron chi connectivity index (χ3n) is 3.95. The van der Waals surface area contributed by atoms with Crippen LogP contribution >= 0.6 is 0 Å². The standard InChI is InChI=1S/C15H19NO7/c1-7(17)16-11-12(19)13-10(22-14(11)20)6-21-15(23-13)8-4-2-3-5-9(8)18/h2-5,10-15,18-20H,6H2,1H3,(H,16,17)/t10-,11-,12-,13+,14?,15?/m1/s1. The Bertz CT molecular complexity index is 581. The van der Waals surface area contributed by atoms with Gasteiger partial charge < -0.3 is 34.8 Å². The molecule has 0 saturated carbocycles. The summed E-state index contributed by atoms with van der Waals surface area (Å²) in [6.45, 7) is 1.35. The highest BCUT2D eigenvalue weighted by atomic mass is 16.7. The number of aromatic hydroxyl groups is 1. The first-order valence-corrected chi connectivity index (χ1v) is 7.31. The second-order valence-electron chi connectivity index (χ2n) is 5.61. The number of hydrogen-bond donors (Lipinski definition) is 4. The van der Waals surface area contributed by atoms with Gasteiger partial charge >= 0.3 is 0 Å². The molecule has 4 N–H and O–H groups in total. The highest BCUT2D eigenvalue weighted by molar-refractivity contribution is 5.73. The van der Waals surface area contributed by atoms with Gasteiger partial charge in [0.1, 0.15) is 30.1 Å². The van der Waals surface area contributed by atoms with E-state index in [1.54, 1.807) is 18.2 Å². The molecule has 3 rings (SSSR count). The highest BCUT2D eigenvalue weighted by Gasteiger charge is 2.49. The predicted octanol–water partition coefficient (Wildman–Crippen LogP) is -0.611. The lowest BCUT2D eigenvalue weighted by molar-refractivity contribution is -0.338. The van der Waals surface area contributed by atoms with E-state index in [0.29, 0.717) is 5.56 Å². The third-order valence-corrected chi connectivity index (χ3v) is 3.95. The molecule has 6 atom stereocenters. The number of hydrogen-bond acceptors (Lipinski definition) is 7. The summed E-state index contributed by atoms with van der Waals surface area (Å²) in [7, 11) is 0. The van der Waals surface area contributed by atoms with Crippen molar-refractivity contribution in [3.8, 4) is 5.75 Å². The fraction of sp³-hybridized carbons (Fsp3) is 0.533. The number of nitrogens with one attached hydrogen (secondary N) is 1. The topological polar surface area (TPSA) is 117 Å². The number of amides is 1. The van der Waals surface area contributed by atoms with Crippen LogP contribution in [0, 0.1) is 0 Å². The predicted molar refractivity (Wildman–Crippen MR) is 76.2 cm³/mol. The van der Waals surface area contributed by atoms with Crippen LogP contribution < -0.4 is 5.32 Å². The molecule has 0 aliphatic carbocycles. The van der Waals surface area contributed by atoms with Crippen LogP contribution in [0.15, 0.2) is 24.3 Å². The lowest BCUT2D eigenvalue weighted by atomic mass is 9.95. The lowest BCUT2D eigenvalue weighted by Gasteiger charge is -2.46. The van der Waals surface area contributed by atoms with Crippen molar-refractivity contribution in [2.45, 2.75) is 43.9 Å². The zero-order valence-electron chi connectivity index (χ0n) is 12.5. The molecule has 2 aliphatic heterocycles. The summed E-state index contributed by atoms with van der Waals surface area (Å²) in [5.74, 6) is -0.389. The number of ether oxygens (including phenoxy) is 3. The van der Waals surface area contributed by atoms with E-state index in [9.17, 15) is 20.1 Å². The normalized spacial score (nSPS) is 37.0. The third kappa shape index (κ3) is 3.17. The van der Waals surface area contributed by atoms with Crippen LogP contribution in [0.25, 0.3) is 0 Å². The molecule has 126 valence electrons. The molecule has 2 heterocycles. The number of fused-ring (bicyclic) bond motifs is 1. The molecule has 0 radical (unpaired) electrons. The number of carbonyl (C=O) groups excluding carboxylic acids is 1. The maximum atomic E-state index is 11.2. The number of para-hydroxylation sites is 1. The Kier molecular flexibility index (Phi) is 4.51. The fourth-order valence-corrected chi connectivity index (χ4v) is 2.84. The van der Waals surface area contributed by atoms with Crippen LogP contribution in [-0.2, 0) is 19.0 Å². The Morgan fingerprint density at radius 2 is 2.00 bits per heavy atom. The van der Waals surface area contributed by atoms with Crippen LogP contribution in [-0.4, -0.2) is 58.5 Å². The maximum Gasteiger partial charge on any atom is 0.217 e. The molecule has 2 saturated heterocycles. The van der Waals surface area contributed by atoms with Crippen LogP contribution in [0.1, 0.15) is 18.8 Å². The first-order chi connectivity index (χ1) is 11.0. The Morgan fingerprint density at radius 1 is 1.26 bits per heavy atom. The molecular weight excluding hydrogens is 306 g/mol. The molecule has 0 aromatic heterocycles. The van der Waals surface area contributed by atoms with Gasteiger partial charge in [-0.3, -0.25) is 4.79 Å². The monoisotopic (exact) mass is 325 g/mol. The summed E-state index contributed by atoms with van der Waals surface area (Å²) >= 11 is 0. The SMILES string of the molecule is CC(=O)N[C@H]1C(O)O[C@@H]2COC(c3ccccc3O)O[C@@H]2[C@@H]1O. The van der Waals surface area contributed by atoms with E-state index in [0.717, 1.165) is 0 Å². The van der Waals surface area contributed by atoms with Crippen LogP contribution in [0.2, 0.25) is 0 Å². The molecule has 1 amide bonds. The Hall–Kier alpha value is -1.71. The van der Waals surface area contributed by atoms with Gasteiger partial charge in [-0.25, -0.2) is 0 Å². The van der Waals surface area contributed by atoms with Gasteiger partial charge in [0.15, 0.2) is 12.6 Å². The minimum atomic E-state index is -1.36. The lowest BCUT2D eigenvalue weighted by Crippen LogP contribution is -2.66. The zero-order chi connectivity index (χ0) is 16.6. The molecule has 2 fully saturated rings. The van der Waals surface area contributed by atoms with Crippen molar-refractivity contribution < 1.29 is 34.3 Å². The molecule has 1 aromatic carbocycles. The van der Waals surface area contributed by atoms with Gasteiger partial charge in [-0.2, -0.15) is 0 Å². The van der Waals surface area contributed by atoms with E-state index in [1.807, 2.05) is 0 Å². The zero-order valence-corrected chi connectivity index (χ0v) is 12.5. The molecule has 0 spiro atoms.